The number of anilines is 1. The summed E-state index contributed by atoms with van der Waals surface area (Å²) in [6.07, 6.45) is 0. The zero-order chi connectivity index (χ0) is 15.6. The Morgan fingerprint density at radius 2 is 1.62 bits per heavy atom. The molecule has 2 aromatic carbocycles. The number of amides is 1. The van der Waals surface area contributed by atoms with Gasteiger partial charge >= 0.3 is 5.97 Å². The van der Waals surface area contributed by atoms with Gasteiger partial charge in [0.15, 0.2) is 0 Å². The summed E-state index contributed by atoms with van der Waals surface area (Å²) in [5.41, 5.74) is -1.78. The molecule has 7 heteroatoms. The third-order valence-corrected chi connectivity index (χ3v) is 2.70. The van der Waals surface area contributed by atoms with Crippen LogP contribution in [0.25, 0.3) is 0 Å². The van der Waals surface area contributed by atoms with Gasteiger partial charge in [-0.25, -0.2) is 13.6 Å². The van der Waals surface area contributed by atoms with Crippen LogP contribution in [0.5, 0.6) is 5.75 Å². The van der Waals surface area contributed by atoms with Gasteiger partial charge in [0.2, 0.25) is 0 Å². The number of nitrogens with one attached hydrogen (secondary N) is 1. The molecule has 0 radical (unpaired) electrons. The normalized spacial score (nSPS) is 10.2. The lowest BCUT2D eigenvalue weighted by Gasteiger charge is -2.10. The highest BCUT2D eigenvalue weighted by Gasteiger charge is 2.21. The van der Waals surface area contributed by atoms with Crippen LogP contribution in [-0.2, 0) is 0 Å². The molecule has 0 aromatic heterocycles. The number of aromatic carboxylic acids is 1. The van der Waals surface area contributed by atoms with Crippen molar-refractivity contribution in [3.63, 3.8) is 0 Å². The van der Waals surface area contributed by atoms with E-state index in [4.69, 9.17) is 5.11 Å². The molecule has 0 bridgehead atoms. The van der Waals surface area contributed by atoms with Crippen molar-refractivity contribution in [2.24, 2.45) is 0 Å². The van der Waals surface area contributed by atoms with Crippen LogP contribution in [-0.4, -0.2) is 22.1 Å². The first-order valence-electron chi connectivity index (χ1n) is 5.72. The minimum Gasteiger partial charge on any atom is -0.507 e. The Bertz CT molecular complexity index is 711. The molecule has 0 saturated carbocycles. The molecule has 0 aliphatic rings. The van der Waals surface area contributed by atoms with Crippen molar-refractivity contribution in [1.82, 2.24) is 0 Å². The number of hydrogen-bond donors (Lipinski definition) is 3. The molecule has 0 spiro atoms. The van der Waals surface area contributed by atoms with Crippen LogP contribution in [0.2, 0.25) is 0 Å². The van der Waals surface area contributed by atoms with Crippen molar-refractivity contribution >= 4 is 17.6 Å². The number of carboxylic acid groups (broad SMARTS) is 1. The number of rotatable bonds is 3. The zero-order valence-corrected chi connectivity index (χ0v) is 10.4. The second-order valence-corrected chi connectivity index (χ2v) is 4.06. The number of phenolic OH excluding ortho intramolecular Hbond substituents is 1. The quantitative estimate of drug-likeness (QED) is 0.812. The summed E-state index contributed by atoms with van der Waals surface area (Å²) in [5.74, 6) is -5.25. The van der Waals surface area contributed by atoms with Gasteiger partial charge in [0.05, 0.1) is 11.3 Å². The van der Waals surface area contributed by atoms with Gasteiger partial charge in [-0.2, -0.15) is 0 Å². The third kappa shape index (κ3) is 2.81. The lowest BCUT2D eigenvalue weighted by molar-refractivity contribution is 0.0697. The van der Waals surface area contributed by atoms with Crippen LogP contribution in [0.3, 0.4) is 0 Å². The maximum absolute atomic E-state index is 13.7. The summed E-state index contributed by atoms with van der Waals surface area (Å²) >= 11 is 0. The molecule has 5 nitrogen and oxygen atoms in total. The molecular weight excluding hydrogens is 284 g/mol. The molecule has 0 fully saturated rings. The van der Waals surface area contributed by atoms with Crippen LogP contribution in [0.15, 0.2) is 36.4 Å². The Balaban J connectivity index is 2.44. The van der Waals surface area contributed by atoms with Gasteiger partial charge in [0.25, 0.3) is 5.91 Å². The van der Waals surface area contributed by atoms with E-state index in [2.05, 4.69) is 0 Å². The standard InChI is InChI=1S/C14H9F2NO4/c15-8-4-2-6-10(18)11(8)13(19)17-12-7(14(20)21)3-1-5-9(12)16/h1-6,18H,(H,17,19)(H,20,21). The smallest absolute Gasteiger partial charge is 0.337 e. The minimum absolute atomic E-state index is 0.487. The highest BCUT2D eigenvalue weighted by Crippen LogP contribution is 2.24. The molecule has 0 saturated heterocycles. The van der Waals surface area contributed by atoms with Gasteiger partial charge in [-0.15, -0.1) is 0 Å². The maximum Gasteiger partial charge on any atom is 0.337 e. The van der Waals surface area contributed by atoms with Crippen LogP contribution in [0.4, 0.5) is 14.5 Å². The van der Waals surface area contributed by atoms with E-state index in [9.17, 15) is 23.5 Å². The van der Waals surface area contributed by atoms with E-state index in [1.807, 2.05) is 5.32 Å². The summed E-state index contributed by atoms with van der Waals surface area (Å²) in [5, 5.41) is 20.4. The molecule has 21 heavy (non-hydrogen) atoms. The number of hydrogen-bond acceptors (Lipinski definition) is 3. The molecule has 0 heterocycles. The van der Waals surface area contributed by atoms with Gasteiger partial charge in [0, 0.05) is 0 Å². The predicted molar refractivity (Wildman–Crippen MR) is 69.4 cm³/mol. The Morgan fingerprint density at radius 3 is 2.24 bits per heavy atom. The molecule has 0 aliphatic heterocycles. The van der Waals surface area contributed by atoms with Crippen LogP contribution in [0, 0.1) is 11.6 Å². The van der Waals surface area contributed by atoms with Crippen LogP contribution >= 0.6 is 0 Å². The number of benzene rings is 2. The number of carbonyl (C=O) groups excluding carboxylic acids is 1. The van der Waals surface area contributed by atoms with E-state index in [0.29, 0.717) is 0 Å². The Morgan fingerprint density at radius 1 is 1.00 bits per heavy atom. The van der Waals surface area contributed by atoms with E-state index in [1.165, 1.54) is 6.07 Å². The topological polar surface area (TPSA) is 86.6 Å². The van der Waals surface area contributed by atoms with E-state index in [1.54, 1.807) is 0 Å². The molecule has 1 amide bonds. The third-order valence-electron chi connectivity index (χ3n) is 2.70. The molecule has 0 atom stereocenters. The van der Waals surface area contributed by atoms with Crippen molar-refractivity contribution in [1.29, 1.82) is 0 Å². The molecule has 0 aliphatic carbocycles. The lowest BCUT2D eigenvalue weighted by atomic mass is 10.1. The number of aromatic hydroxyl groups is 1. The number of halogens is 2. The van der Waals surface area contributed by atoms with E-state index >= 15 is 0 Å². The van der Waals surface area contributed by atoms with Crippen molar-refractivity contribution in [3.05, 3.63) is 59.2 Å². The average Bonchev–Trinajstić information content (AvgIpc) is 2.40. The van der Waals surface area contributed by atoms with Crippen molar-refractivity contribution in [2.45, 2.75) is 0 Å². The van der Waals surface area contributed by atoms with Crippen LogP contribution < -0.4 is 5.32 Å². The molecule has 3 N–H and O–H groups in total. The summed E-state index contributed by atoms with van der Waals surface area (Å²) in [6, 6.07) is 6.40. The fourth-order valence-electron chi connectivity index (χ4n) is 1.74. The lowest BCUT2D eigenvalue weighted by Crippen LogP contribution is -2.17. The molecule has 2 rings (SSSR count). The SMILES string of the molecule is O=C(O)c1cccc(F)c1NC(=O)c1c(O)cccc1F. The molecular formula is C14H9F2NO4. The molecule has 108 valence electrons. The Labute approximate surface area is 117 Å². The monoisotopic (exact) mass is 293 g/mol. The first-order chi connectivity index (χ1) is 9.91. The number of carboxylic acids is 1. The summed E-state index contributed by atoms with van der Waals surface area (Å²) in [4.78, 5) is 22.9. The predicted octanol–water partition coefficient (Wildman–Crippen LogP) is 2.62. The summed E-state index contributed by atoms with van der Waals surface area (Å²) in [7, 11) is 0. The summed E-state index contributed by atoms with van der Waals surface area (Å²) in [6.45, 7) is 0. The fourth-order valence-corrected chi connectivity index (χ4v) is 1.74. The van der Waals surface area contributed by atoms with Gasteiger partial charge < -0.3 is 15.5 Å². The maximum atomic E-state index is 13.7. The Hall–Kier alpha value is -2.96. The highest BCUT2D eigenvalue weighted by atomic mass is 19.1. The van der Waals surface area contributed by atoms with Gasteiger partial charge in [-0.05, 0) is 24.3 Å². The minimum atomic E-state index is -1.46. The first kappa shape index (κ1) is 14.4. The summed E-state index contributed by atoms with van der Waals surface area (Å²) < 4.78 is 27.2. The van der Waals surface area contributed by atoms with Crippen molar-refractivity contribution < 1.29 is 28.6 Å². The number of para-hydroxylation sites is 1. The van der Waals surface area contributed by atoms with E-state index in [-0.39, 0.29) is 0 Å². The van der Waals surface area contributed by atoms with Crippen molar-refractivity contribution in [3.8, 4) is 5.75 Å². The fraction of sp³-hybridized carbons (Fsp3) is 0. The van der Waals surface area contributed by atoms with E-state index in [0.717, 1.165) is 30.3 Å². The molecule has 0 unspecified atom stereocenters. The highest BCUT2D eigenvalue weighted by molar-refractivity contribution is 6.09. The number of carbonyl (C=O) groups is 2. The largest absolute Gasteiger partial charge is 0.507 e. The Kier molecular flexibility index (Phi) is 3.84. The van der Waals surface area contributed by atoms with Crippen LogP contribution in [0.1, 0.15) is 20.7 Å². The molecule has 2 aromatic rings. The zero-order valence-electron chi connectivity index (χ0n) is 10.4. The first-order valence-corrected chi connectivity index (χ1v) is 5.72. The second-order valence-electron chi connectivity index (χ2n) is 4.06. The van der Waals surface area contributed by atoms with Gasteiger partial charge in [-0.1, -0.05) is 12.1 Å². The van der Waals surface area contributed by atoms with E-state index < -0.39 is 46.1 Å². The van der Waals surface area contributed by atoms with Gasteiger partial charge in [-0.3, -0.25) is 4.79 Å². The second kappa shape index (κ2) is 5.58. The average molecular weight is 293 g/mol. The van der Waals surface area contributed by atoms with Gasteiger partial charge in [0.1, 0.15) is 22.9 Å². The van der Waals surface area contributed by atoms with Crippen molar-refractivity contribution in [2.75, 3.05) is 5.32 Å². The number of phenols is 1.